The third-order valence-corrected chi connectivity index (χ3v) is 12.3. The van der Waals surface area contributed by atoms with E-state index in [1.807, 2.05) is 6.20 Å². The molecule has 0 aliphatic carbocycles. The lowest BCUT2D eigenvalue weighted by Crippen LogP contribution is -2.57. The van der Waals surface area contributed by atoms with Crippen LogP contribution in [0, 0.1) is 5.92 Å². The van der Waals surface area contributed by atoms with Gasteiger partial charge in [0, 0.05) is 46.2 Å². The zero-order valence-electron chi connectivity index (χ0n) is 28.6. The van der Waals surface area contributed by atoms with Crippen molar-refractivity contribution >= 4 is 45.6 Å². The van der Waals surface area contributed by atoms with Gasteiger partial charge in [0.05, 0.1) is 17.1 Å². The van der Waals surface area contributed by atoms with Gasteiger partial charge in [0.2, 0.25) is 0 Å². The Balaban J connectivity index is 1.21. The van der Waals surface area contributed by atoms with Crippen LogP contribution in [0.15, 0.2) is 152 Å². The van der Waals surface area contributed by atoms with Crippen LogP contribution in [-0.2, 0) is 5.41 Å². The van der Waals surface area contributed by atoms with Crippen LogP contribution >= 0.6 is 0 Å². The van der Waals surface area contributed by atoms with Gasteiger partial charge in [-0.25, -0.2) is 4.98 Å². The van der Waals surface area contributed by atoms with Gasteiger partial charge in [0.1, 0.15) is 12.3 Å². The molecule has 50 heavy (non-hydrogen) atoms. The van der Waals surface area contributed by atoms with E-state index in [0.717, 1.165) is 25.1 Å². The SMILES string of the molecule is CCC1(CC)c2ccccc2N2c3ncccc3N(c3ccccc3)C2C1CC1c2ccccc2N2c3ccccc3N(c3ccccc3)C12. The average molecular weight is 652 g/mol. The molecule has 4 aliphatic heterocycles. The first-order valence-corrected chi connectivity index (χ1v) is 18.2. The van der Waals surface area contributed by atoms with E-state index in [1.165, 1.54) is 50.9 Å². The minimum atomic E-state index is -0.0434. The van der Waals surface area contributed by atoms with Crippen molar-refractivity contribution in [3.63, 3.8) is 0 Å². The monoisotopic (exact) mass is 651 g/mol. The van der Waals surface area contributed by atoms with Crippen LogP contribution in [0.4, 0.5) is 45.6 Å². The summed E-state index contributed by atoms with van der Waals surface area (Å²) in [6.07, 6.45) is 5.29. The first-order valence-electron chi connectivity index (χ1n) is 18.2. The summed E-state index contributed by atoms with van der Waals surface area (Å²) in [6, 6.07) is 53.8. The molecule has 4 aliphatic rings. The van der Waals surface area contributed by atoms with Gasteiger partial charge in [-0.05, 0) is 91.1 Å². The molecular weight excluding hydrogens is 611 g/mol. The molecule has 6 aromatic rings. The van der Waals surface area contributed by atoms with Crippen molar-refractivity contribution in [3.8, 4) is 0 Å². The molecule has 5 heteroatoms. The Morgan fingerprint density at radius 1 is 0.500 bits per heavy atom. The molecule has 246 valence electrons. The molecule has 0 radical (unpaired) electrons. The molecule has 1 aromatic heterocycles. The summed E-state index contributed by atoms with van der Waals surface area (Å²) >= 11 is 0. The number of anilines is 8. The Kier molecular flexibility index (Phi) is 6.61. The molecule has 5 aromatic carbocycles. The zero-order valence-corrected chi connectivity index (χ0v) is 28.6. The molecule has 0 saturated heterocycles. The quantitative estimate of drug-likeness (QED) is 0.179. The topological polar surface area (TPSA) is 25.9 Å². The fourth-order valence-corrected chi connectivity index (χ4v) is 10.2. The molecule has 4 atom stereocenters. The molecule has 10 rings (SSSR count). The van der Waals surface area contributed by atoms with Gasteiger partial charge < -0.3 is 19.6 Å². The van der Waals surface area contributed by atoms with E-state index in [0.29, 0.717) is 0 Å². The second-order valence-electron chi connectivity index (χ2n) is 14.2. The Morgan fingerprint density at radius 2 is 1.04 bits per heavy atom. The molecule has 0 saturated carbocycles. The first kappa shape index (κ1) is 29.4. The van der Waals surface area contributed by atoms with Crippen molar-refractivity contribution in [1.29, 1.82) is 0 Å². The Bertz CT molecular complexity index is 2180. The van der Waals surface area contributed by atoms with Gasteiger partial charge in [0.25, 0.3) is 0 Å². The maximum absolute atomic E-state index is 5.12. The summed E-state index contributed by atoms with van der Waals surface area (Å²) in [6.45, 7) is 4.85. The van der Waals surface area contributed by atoms with E-state index in [1.54, 1.807) is 0 Å². The van der Waals surface area contributed by atoms with E-state index in [9.17, 15) is 0 Å². The summed E-state index contributed by atoms with van der Waals surface area (Å²) in [5, 5.41) is 0. The summed E-state index contributed by atoms with van der Waals surface area (Å²) in [4.78, 5) is 15.6. The number of nitrogens with zero attached hydrogens (tertiary/aromatic N) is 5. The van der Waals surface area contributed by atoms with Gasteiger partial charge in [-0.15, -0.1) is 0 Å². The number of hydrogen-bond acceptors (Lipinski definition) is 5. The number of fused-ring (bicyclic) bond motifs is 10. The van der Waals surface area contributed by atoms with Gasteiger partial charge in [0.15, 0.2) is 5.82 Å². The summed E-state index contributed by atoms with van der Waals surface area (Å²) in [5.74, 6) is 1.58. The number of rotatable bonds is 6. The van der Waals surface area contributed by atoms with Crippen LogP contribution in [0.25, 0.3) is 0 Å². The van der Waals surface area contributed by atoms with Crippen LogP contribution in [-0.4, -0.2) is 17.3 Å². The van der Waals surface area contributed by atoms with E-state index in [4.69, 9.17) is 4.98 Å². The van der Waals surface area contributed by atoms with Gasteiger partial charge in [-0.3, -0.25) is 0 Å². The number of benzene rings is 5. The lowest BCUT2D eigenvalue weighted by molar-refractivity contribution is 0.175. The largest absolute Gasteiger partial charge is 0.318 e. The van der Waals surface area contributed by atoms with E-state index in [-0.39, 0.29) is 29.6 Å². The molecule has 0 amide bonds. The van der Waals surface area contributed by atoms with Gasteiger partial charge >= 0.3 is 0 Å². The minimum absolute atomic E-state index is 0.0434. The lowest BCUT2D eigenvalue weighted by atomic mass is 9.60. The maximum atomic E-state index is 5.12. The summed E-state index contributed by atoms with van der Waals surface area (Å²) in [5.41, 5.74) is 11.7. The van der Waals surface area contributed by atoms with E-state index < -0.39 is 0 Å². The number of para-hydroxylation sites is 6. The van der Waals surface area contributed by atoms with Crippen LogP contribution in [0.5, 0.6) is 0 Å². The smallest absolute Gasteiger partial charge is 0.158 e. The summed E-state index contributed by atoms with van der Waals surface area (Å²) < 4.78 is 0. The molecule has 0 bridgehead atoms. The maximum Gasteiger partial charge on any atom is 0.158 e. The predicted molar refractivity (Wildman–Crippen MR) is 206 cm³/mol. The Hall–Kier alpha value is -5.55. The fraction of sp³-hybridized carbons (Fsp3) is 0.222. The van der Waals surface area contributed by atoms with Crippen molar-refractivity contribution < 1.29 is 0 Å². The molecule has 0 N–H and O–H groups in total. The summed E-state index contributed by atoms with van der Waals surface area (Å²) in [7, 11) is 0. The number of pyridine rings is 1. The highest BCUT2D eigenvalue weighted by molar-refractivity contribution is 5.92. The van der Waals surface area contributed by atoms with Gasteiger partial charge in [-0.1, -0.05) is 98.8 Å². The van der Waals surface area contributed by atoms with E-state index in [2.05, 4.69) is 179 Å². The van der Waals surface area contributed by atoms with E-state index >= 15 is 0 Å². The third kappa shape index (κ3) is 3.92. The van der Waals surface area contributed by atoms with Crippen LogP contribution in [0.3, 0.4) is 0 Å². The molecule has 4 unspecified atom stereocenters. The first-order chi connectivity index (χ1) is 24.7. The third-order valence-electron chi connectivity index (χ3n) is 12.3. The highest BCUT2D eigenvalue weighted by Gasteiger charge is 2.58. The highest BCUT2D eigenvalue weighted by Crippen LogP contribution is 2.64. The highest BCUT2D eigenvalue weighted by atomic mass is 15.5. The fourth-order valence-electron chi connectivity index (χ4n) is 10.2. The predicted octanol–water partition coefficient (Wildman–Crippen LogP) is 11.2. The van der Waals surface area contributed by atoms with Crippen LogP contribution in [0.2, 0.25) is 0 Å². The normalized spacial score (nSPS) is 22.0. The van der Waals surface area contributed by atoms with Crippen molar-refractivity contribution in [1.82, 2.24) is 4.98 Å². The number of aromatic nitrogens is 1. The second-order valence-corrected chi connectivity index (χ2v) is 14.2. The van der Waals surface area contributed by atoms with Crippen LogP contribution < -0.4 is 19.6 Å². The Labute approximate surface area is 295 Å². The molecule has 5 nitrogen and oxygen atoms in total. The standard InChI is InChI=1S/C45H41N5/c1-3-45(4-2)35-23-12-14-25-38(35)50-42-41(28-17-29-46-42)48(32-20-9-6-10-21-32)44(50)36(45)30-34-33-22-11-13-24-37(33)49-40-27-16-15-26-39(40)47(43(34)49)31-18-7-5-8-19-31/h5-29,34,36,43-44H,3-4,30H2,1-2H3. The molecule has 5 heterocycles. The number of hydrogen-bond donors (Lipinski definition) is 0. The van der Waals surface area contributed by atoms with Crippen molar-refractivity contribution in [2.75, 3.05) is 19.6 Å². The zero-order chi connectivity index (χ0) is 33.4. The second kappa shape index (κ2) is 11.2. The van der Waals surface area contributed by atoms with Gasteiger partial charge in [-0.2, -0.15) is 0 Å². The van der Waals surface area contributed by atoms with Crippen molar-refractivity contribution in [2.45, 2.75) is 56.8 Å². The van der Waals surface area contributed by atoms with Crippen molar-refractivity contribution in [2.24, 2.45) is 5.92 Å². The molecule has 0 fully saturated rings. The van der Waals surface area contributed by atoms with Crippen molar-refractivity contribution in [3.05, 3.63) is 163 Å². The van der Waals surface area contributed by atoms with Crippen LogP contribution in [0.1, 0.15) is 50.2 Å². The molecule has 0 spiro atoms. The lowest BCUT2D eigenvalue weighted by Gasteiger charge is -2.54. The Morgan fingerprint density at radius 3 is 1.72 bits per heavy atom. The molecular formula is C45H41N5. The minimum Gasteiger partial charge on any atom is -0.318 e. The average Bonchev–Trinajstić information content (AvgIpc) is 3.82.